The van der Waals surface area contributed by atoms with Gasteiger partial charge in [0, 0.05) is 13.0 Å². The van der Waals surface area contributed by atoms with E-state index in [1.807, 2.05) is 6.92 Å². The Bertz CT molecular complexity index is 452. The first-order valence-electron chi connectivity index (χ1n) is 5.85. The molecule has 0 aromatic heterocycles. The van der Waals surface area contributed by atoms with Gasteiger partial charge in [-0.1, -0.05) is 12.1 Å². The summed E-state index contributed by atoms with van der Waals surface area (Å²) >= 11 is 0. The van der Waals surface area contributed by atoms with Crippen molar-refractivity contribution in [2.75, 3.05) is 24.7 Å². The van der Waals surface area contributed by atoms with Crippen LogP contribution in [0.2, 0.25) is 0 Å². The van der Waals surface area contributed by atoms with Gasteiger partial charge in [0.05, 0.1) is 17.8 Å². The third kappa shape index (κ3) is 2.52. The maximum Gasteiger partial charge on any atom is 0.253 e. The molecule has 1 aliphatic heterocycles. The van der Waals surface area contributed by atoms with Crippen LogP contribution in [0.1, 0.15) is 13.3 Å². The molecule has 0 saturated carbocycles. The van der Waals surface area contributed by atoms with E-state index >= 15 is 0 Å². The van der Waals surface area contributed by atoms with Crippen LogP contribution in [0, 0.1) is 5.82 Å². The Kier molecular flexibility index (Phi) is 3.63. The van der Waals surface area contributed by atoms with Gasteiger partial charge in [-0.25, -0.2) is 4.39 Å². The first-order valence-corrected chi connectivity index (χ1v) is 5.85. The van der Waals surface area contributed by atoms with Gasteiger partial charge in [0.25, 0.3) is 5.91 Å². The zero-order chi connectivity index (χ0) is 13.2. The average molecular weight is 253 g/mol. The summed E-state index contributed by atoms with van der Waals surface area (Å²) in [6.07, 6.45) is 0.408. The Morgan fingerprint density at radius 2 is 2.22 bits per heavy atom. The van der Waals surface area contributed by atoms with E-state index in [4.69, 9.17) is 9.84 Å². The minimum atomic E-state index is -0.634. The minimum Gasteiger partial charge on any atom is -0.396 e. The van der Waals surface area contributed by atoms with Crippen molar-refractivity contribution in [3.63, 3.8) is 0 Å². The topological polar surface area (TPSA) is 49.8 Å². The highest BCUT2D eigenvalue weighted by Crippen LogP contribution is 2.27. The summed E-state index contributed by atoms with van der Waals surface area (Å²) in [6.45, 7) is 1.93. The minimum absolute atomic E-state index is 0.0319. The van der Waals surface area contributed by atoms with Gasteiger partial charge in [-0.3, -0.25) is 4.79 Å². The molecule has 1 unspecified atom stereocenters. The van der Waals surface area contributed by atoms with Crippen LogP contribution in [0.3, 0.4) is 0 Å². The van der Waals surface area contributed by atoms with E-state index in [0.29, 0.717) is 6.42 Å². The number of morpholine rings is 1. The van der Waals surface area contributed by atoms with Gasteiger partial charge in [-0.05, 0) is 19.1 Å². The van der Waals surface area contributed by atoms with Gasteiger partial charge in [-0.2, -0.15) is 0 Å². The average Bonchev–Trinajstić information content (AvgIpc) is 2.34. The normalized spacial score (nSPS) is 24.4. The number of hydrogen-bond donors (Lipinski definition) is 1. The number of ether oxygens (including phenoxy) is 1. The number of halogens is 1. The number of aliphatic hydroxyl groups excluding tert-OH is 1. The SMILES string of the molecule is CC1(CCO)CN(c2ccccc2F)C(=O)CO1. The van der Waals surface area contributed by atoms with Crippen LogP contribution in [0.4, 0.5) is 10.1 Å². The van der Waals surface area contributed by atoms with Crippen molar-refractivity contribution in [1.82, 2.24) is 0 Å². The van der Waals surface area contributed by atoms with Crippen molar-refractivity contribution < 1.29 is 19.0 Å². The molecule has 0 aliphatic carbocycles. The number of amides is 1. The summed E-state index contributed by atoms with van der Waals surface area (Å²) in [4.78, 5) is 13.2. The van der Waals surface area contributed by atoms with Crippen LogP contribution in [-0.4, -0.2) is 36.4 Å². The second kappa shape index (κ2) is 5.04. The standard InChI is InChI=1S/C13H16FNO3/c1-13(6-7-16)9-15(12(17)8-18-13)11-5-3-2-4-10(11)14/h2-5,16H,6-9H2,1H3. The Hall–Kier alpha value is -1.46. The zero-order valence-corrected chi connectivity index (χ0v) is 10.2. The number of aliphatic hydroxyl groups is 1. The monoisotopic (exact) mass is 253 g/mol. The van der Waals surface area contributed by atoms with Crippen LogP contribution < -0.4 is 4.90 Å². The molecule has 1 heterocycles. The van der Waals surface area contributed by atoms with Crippen molar-refractivity contribution in [2.24, 2.45) is 0 Å². The van der Waals surface area contributed by atoms with Crippen molar-refractivity contribution in [2.45, 2.75) is 18.9 Å². The number of anilines is 1. The molecular weight excluding hydrogens is 237 g/mol. The largest absolute Gasteiger partial charge is 0.396 e. The zero-order valence-electron chi connectivity index (χ0n) is 10.2. The molecule has 1 N–H and O–H groups in total. The van der Waals surface area contributed by atoms with Crippen molar-refractivity contribution in [3.05, 3.63) is 30.1 Å². The highest BCUT2D eigenvalue weighted by Gasteiger charge is 2.36. The Morgan fingerprint density at radius 1 is 1.50 bits per heavy atom. The fourth-order valence-electron chi connectivity index (χ4n) is 2.06. The van der Waals surface area contributed by atoms with Crippen LogP contribution in [0.5, 0.6) is 0 Å². The number of rotatable bonds is 3. The molecule has 1 amide bonds. The van der Waals surface area contributed by atoms with Gasteiger partial charge in [-0.15, -0.1) is 0 Å². The summed E-state index contributed by atoms with van der Waals surface area (Å²) in [5.41, 5.74) is -0.375. The highest BCUT2D eigenvalue weighted by atomic mass is 19.1. The third-order valence-corrected chi connectivity index (χ3v) is 3.12. The van der Waals surface area contributed by atoms with E-state index < -0.39 is 11.4 Å². The Morgan fingerprint density at radius 3 is 2.89 bits per heavy atom. The maximum absolute atomic E-state index is 13.7. The van der Waals surface area contributed by atoms with Crippen LogP contribution in [-0.2, 0) is 9.53 Å². The number of para-hydroxylation sites is 1. The Labute approximate surface area is 105 Å². The molecular formula is C13H16FNO3. The van der Waals surface area contributed by atoms with Gasteiger partial charge in [0.15, 0.2) is 0 Å². The van der Waals surface area contributed by atoms with E-state index in [-0.39, 0.29) is 31.4 Å². The number of nitrogens with zero attached hydrogens (tertiary/aromatic N) is 1. The predicted octanol–water partition coefficient (Wildman–Crippen LogP) is 1.33. The lowest BCUT2D eigenvalue weighted by atomic mass is 9.99. The molecule has 0 bridgehead atoms. The first-order chi connectivity index (χ1) is 8.56. The van der Waals surface area contributed by atoms with Crippen LogP contribution in [0.15, 0.2) is 24.3 Å². The molecule has 1 aromatic carbocycles. The van der Waals surface area contributed by atoms with Gasteiger partial charge in [0.1, 0.15) is 12.4 Å². The number of benzene rings is 1. The summed E-state index contributed by atoms with van der Waals surface area (Å²) in [7, 11) is 0. The second-order valence-electron chi connectivity index (χ2n) is 4.64. The molecule has 18 heavy (non-hydrogen) atoms. The second-order valence-corrected chi connectivity index (χ2v) is 4.64. The summed E-state index contributed by atoms with van der Waals surface area (Å²) in [5, 5.41) is 9.00. The quantitative estimate of drug-likeness (QED) is 0.884. The van der Waals surface area contributed by atoms with Crippen LogP contribution >= 0.6 is 0 Å². The lowest BCUT2D eigenvalue weighted by Crippen LogP contribution is -2.54. The fourth-order valence-corrected chi connectivity index (χ4v) is 2.06. The van der Waals surface area contributed by atoms with E-state index in [2.05, 4.69) is 0 Å². The number of carbonyl (C=O) groups is 1. The third-order valence-electron chi connectivity index (χ3n) is 3.12. The highest BCUT2D eigenvalue weighted by molar-refractivity contribution is 5.95. The molecule has 1 saturated heterocycles. The predicted molar refractivity (Wildman–Crippen MR) is 64.8 cm³/mol. The molecule has 1 aliphatic rings. The molecule has 1 fully saturated rings. The molecule has 4 nitrogen and oxygen atoms in total. The van der Waals surface area contributed by atoms with Crippen molar-refractivity contribution in [1.29, 1.82) is 0 Å². The molecule has 5 heteroatoms. The van der Waals surface area contributed by atoms with E-state index in [0.717, 1.165) is 0 Å². The maximum atomic E-state index is 13.7. The van der Waals surface area contributed by atoms with E-state index in [1.165, 1.54) is 11.0 Å². The van der Waals surface area contributed by atoms with Gasteiger partial charge >= 0.3 is 0 Å². The van der Waals surface area contributed by atoms with Crippen molar-refractivity contribution in [3.8, 4) is 0 Å². The van der Waals surface area contributed by atoms with Crippen molar-refractivity contribution >= 4 is 11.6 Å². The van der Waals surface area contributed by atoms with Crippen LogP contribution in [0.25, 0.3) is 0 Å². The fraction of sp³-hybridized carbons (Fsp3) is 0.462. The number of hydrogen-bond acceptors (Lipinski definition) is 3. The van der Waals surface area contributed by atoms with E-state index in [1.54, 1.807) is 18.2 Å². The summed E-state index contributed by atoms with van der Waals surface area (Å²) in [5.74, 6) is -0.699. The molecule has 1 atom stereocenters. The lowest BCUT2D eigenvalue weighted by Gasteiger charge is -2.40. The van der Waals surface area contributed by atoms with E-state index in [9.17, 15) is 9.18 Å². The molecule has 1 aromatic rings. The summed E-state index contributed by atoms with van der Waals surface area (Å²) in [6, 6.07) is 6.15. The summed E-state index contributed by atoms with van der Waals surface area (Å²) < 4.78 is 19.1. The van der Waals surface area contributed by atoms with Gasteiger partial charge < -0.3 is 14.7 Å². The number of carbonyl (C=O) groups excluding carboxylic acids is 1. The first kappa shape index (κ1) is 13.0. The molecule has 2 rings (SSSR count). The molecule has 0 radical (unpaired) electrons. The lowest BCUT2D eigenvalue weighted by molar-refractivity contribution is -0.138. The smallest absolute Gasteiger partial charge is 0.253 e. The molecule has 98 valence electrons. The van der Waals surface area contributed by atoms with Gasteiger partial charge in [0.2, 0.25) is 0 Å². The Balaban J connectivity index is 2.26. The molecule has 0 spiro atoms.